The Kier molecular flexibility index (Phi) is 5.49. The molecule has 26 heavy (non-hydrogen) atoms. The Morgan fingerprint density at radius 2 is 1.81 bits per heavy atom. The van der Waals surface area contributed by atoms with Crippen molar-refractivity contribution in [2.75, 3.05) is 12.4 Å². The van der Waals surface area contributed by atoms with Crippen LogP contribution in [0.2, 0.25) is 0 Å². The van der Waals surface area contributed by atoms with Crippen molar-refractivity contribution in [2.24, 2.45) is 5.73 Å². The van der Waals surface area contributed by atoms with Crippen molar-refractivity contribution in [3.8, 4) is 5.75 Å². The zero-order valence-corrected chi connectivity index (χ0v) is 14.6. The minimum absolute atomic E-state index is 0.351. The number of nitrogens with two attached hydrogens (primary N) is 1. The number of hydrogen-bond donors (Lipinski definition) is 2. The molecule has 132 valence electrons. The molecule has 2 aromatic carbocycles. The standard InChI is InChI=1S/C21H21N3O2/c1-26-20-12-11-18(14-19(20)21(22)25)24-17-9-6-15(7-10-17)5-8-16-4-2-3-13-23-16/h2-4,6-7,9-14,24H,5,8H2,1H3,(H2,22,25). The van der Waals surface area contributed by atoms with E-state index in [1.54, 1.807) is 12.1 Å². The third-order valence-electron chi connectivity index (χ3n) is 4.10. The van der Waals surface area contributed by atoms with Gasteiger partial charge in [0.25, 0.3) is 5.91 Å². The molecule has 0 radical (unpaired) electrons. The van der Waals surface area contributed by atoms with Crippen molar-refractivity contribution in [1.29, 1.82) is 0 Å². The zero-order chi connectivity index (χ0) is 18.4. The van der Waals surface area contributed by atoms with Crippen molar-refractivity contribution in [2.45, 2.75) is 12.8 Å². The molecular formula is C21H21N3O2. The van der Waals surface area contributed by atoms with Gasteiger partial charge in [-0.2, -0.15) is 0 Å². The van der Waals surface area contributed by atoms with E-state index in [4.69, 9.17) is 10.5 Å². The highest BCUT2D eigenvalue weighted by Crippen LogP contribution is 2.25. The number of nitrogens with one attached hydrogen (secondary N) is 1. The summed E-state index contributed by atoms with van der Waals surface area (Å²) in [7, 11) is 1.51. The predicted octanol–water partition coefficient (Wildman–Crippen LogP) is 3.72. The van der Waals surface area contributed by atoms with E-state index < -0.39 is 5.91 Å². The first kappa shape index (κ1) is 17.5. The third kappa shape index (κ3) is 4.39. The van der Waals surface area contributed by atoms with E-state index in [0.29, 0.717) is 11.3 Å². The van der Waals surface area contributed by atoms with Gasteiger partial charge in [0, 0.05) is 23.3 Å². The van der Waals surface area contributed by atoms with Gasteiger partial charge in [0.15, 0.2) is 0 Å². The minimum Gasteiger partial charge on any atom is -0.496 e. The molecule has 0 unspecified atom stereocenters. The van der Waals surface area contributed by atoms with E-state index >= 15 is 0 Å². The second-order valence-corrected chi connectivity index (χ2v) is 5.92. The van der Waals surface area contributed by atoms with E-state index in [0.717, 1.165) is 29.9 Å². The van der Waals surface area contributed by atoms with E-state index in [2.05, 4.69) is 22.4 Å². The molecule has 3 N–H and O–H groups in total. The van der Waals surface area contributed by atoms with Crippen LogP contribution in [0.3, 0.4) is 0 Å². The molecule has 0 spiro atoms. The molecule has 0 aliphatic heterocycles. The Bertz CT molecular complexity index is 878. The van der Waals surface area contributed by atoms with Gasteiger partial charge in [-0.3, -0.25) is 9.78 Å². The molecule has 0 bridgehead atoms. The number of anilines is 2. The van der Waals surface area contributed by atoms with Gasteiger partial charge >= 0.3 is 0 Å². The maximum atomic E-state index is 11.5. The molecule has 0 aliphatic carbocycles. The summed E-state index contributed by atoms with van der Waals surface area (Å²) < 4.78 is 5.16. The molecule has 0 fully saturated rings. The van der Waals surface area contributed by atoms with Gasteiger partial charge in [-0.25, -0.2) is 0 Å². The van der Waals surface area contributed by atoms with Crippen molar-refractivity contribution in [3.05, 3.63) is 83.7 Å². The summed E-state index contributed by atoms with van der Waals surface area (Å²) in [5.41, 5.74) is 9.80. The van der Waals surface area contributed by atoms with Crippen LogP contribution < -0.4 is 15.8 Å². The number of benzene rings is 2. The van der Waals surface area contributed by atoms with Gasteiger partial charge < -0.3 is 15.8 Å². The van der Waals surface area contributed by atoms with Crippen LogP contribution in [0.5, 0.6) is 5.75 Å². The number of pyridine rings is 1. The second-order valence-electron chi connectivity index (χ2n) is 5.92. The largest absolute Gasteiger partial charge is 0.496 e. The smallest absolute Gasteiger partial charge is 0.252 e. The minimum atomic E-state index is -0.518. The number of nitrogens with zero attached hydrogens (tertiary/aromatic N) is 1. The van der Waals surface area contributed by atoms with Crippen molar-refractivity contribution >= 4 is 17.3 Å². The average molecular weight is 347 g/mol. The number of carbonyl (C=O) groups is 1. The fourth-order valence-corrected chi connectivity index (χ4v) is 2.72. The highest BCUT2D eigenvalue weighted by atomic mass is 16.5. The van der Waals surface area contributed by atoms with E-state index in [1.165, 1.54) is 12.7 Å². The van der Waals surface area contributed by atoms with Crippen LogP contribution in [0.1, 0.15) is 21.6 Å². The molecule has 1 amide bonds. The van der Waals surface area contributed by atoms with Crippen LogP contribution >= 0.6 is 0 Å². The number of ether oxygens (including phenoxy) is 1. The van der Waals surface area contributed by atoms with Crippen LogP contribution in [0.15, 0.2) is 66.9 Å². The summed E-state index contributed by atoms with van der Waals surface area (Å²) in [6.07, 6.45) is 3.66. The van der Waals surface area contributed by atoms with Crippen LogP contribution in [0.25, 0.3) is 0 Å². The first-order valence-corrected chi connectivity index (χ1v) is 8.39. The lowest BCUT2D eigenvalue weighted by atomic mass is 10.1. The van der Waals surface area contributed by atoms with Gasteiger partial charge in [-0.1, -0.05) is 18.2 Å². The number of primary amides is 1. The Labute approximate surface area is 152 Å². The molecule has 0 saturated heterocycles. The number of hydrogen-bond acceptors (Lipinski definition) is 4. The second kappa shape index (κ2) is 8.16. The molecule has 3 aromatic rings. The van der Waals surface area contributed by atoms with Crippen LogP contribution in [-0.4, -0.2) is 18.0 Å². The van der Waals surface area contributed by atoms with E-state index in [-0.39, 0.29) is 0 Å². The third-order valence-corrected chi connectivity index (χ3v) is 4.10. The molecule has 0 atom stereocenters. The Morgan fingerprint density at radius 1 is 1.04 bits per heavy atom. The highest BCUT2D eigenvalue weighted by Gasteiger charge is 2.10. The van der Waals surface area contributed by atoms with Gasteiger partial charge in [0.2, 0.25) is 0 Å². The number of amides is 1. The quantitative estimate of drug-likeness (QED) is 0.683. The van der Waals surface area contributed by atoms with Crippen LogP contribution in [-0.2, 0) is 12.8 Å². The number of aryl methyl sites for hydroxylation is 2. The summed E-state index contributed by atoms with van der Waals surface area (Å²) in [5, 5.41) is 3.28. The van der Waals surface area contributed by atoms with Crippen molar-refractivity contribution < 1.29 is 9.53 Å². The molecule has 0 aliphatic rings. The summed E-state index contributed by atoms with van der Waals surface area (Å²) in [4.78, 5) is 15.9. The van der Waals surface area contributed by atoms with Gasteiger partial charge in [0.05, 0.1) is 12.7 Å². The summed E-state index contributed by atoms with van der Waals surface area (Å²) >= 11 is 0. The number of carbonyl (C=O) groups excluding carboxylic acids is 1. The maximum absolute atomic E-state index is 11.5. The monoisotopic (exact) mass is 347 g/mol. The fraction of sp³-hybridized carbons (Fsp3) is 0.143. The SMILES string of the molecule is COc1ccc(Nc2ccc(CCc3ccccn3)cc2)cc1C(N)=O. The summed E-state index contributed by atoms with van der Waals surface area (Å²) in [6.45, 7) is 0. The van der Waals surface area contributed by atoms with E-state index in [9.17, 15) is 4.79 Å². The summed E-state index contributed by atoms with van der Waals surface area (Å²) in [6, 6.07) is 19.4. The predicted molar refractivity (Wildman–Crippen MR) is 103 cm³/mol. The molecular weight excluding hydrogens is 326 g/mol. The fourth-order valence-electron chi connectivity index (χ4n) is 2.72. The lowest BCUT2D eigenvalue weighted by Crippen LogP contribution is -2.12. The normalized spacial score (nSPS) is 10.3. The molecule has 5 heteroatoms. The Morgan fingerprint density at radius 3 is 2.46 bits per heavy atom. The van der Waals surface area contributed by atoms with Crippen LogP contribution in [0, 0.1) is 0 Å². The molecule has 1 aromatic heterocycles. The average Bonchev–Trinajstić information content (AvgIpc) is 2.68. The summed E-state index contributed by atoms with van der Waals surface area (Å²) in [5.74, 6) is -0.0525. The number of rotatable bonds is 7. The van der Waals surface area contributed by atoms with Crippen molar-refractivity contribution in [1.82, 2.24) is 4.98 Å². The van der Waals surface area contributed by atoms with Crippen LogP contribution in [0.4, 0.5) is 11.4 Å². The van der Waals surface area contributed by atoms with Gasteiger partial charge in [0.1, 0.15) is 5.75 Å². The zero-order valence-electron chi connectivity index (χ0n) is 14.6. The van der Waals surface area contributed by atoms with Gasteiger partial charge in [-0.15, -0.1) is 0 Å². The number of methoxy groups -OCH3 is 1. The van der Waals surface area contributed by atoms with Crippen molar-refractivity contribution in [3.63, 3.8) is 0 Å². The first-order chi connectivity index (χ1) is 12.7. The highest BCUT2D eigenvalue weighted by molar-refractivity contribution is 5.96. The van der Waals surface area contributed by atoms with Gasteiger partial charge in [-0.05, 0) is 60.9 Å². The molecule has 1 heterocycles. The lowest BCUT2D eigenvalue weighted by molar-refractivity contribution is 0.0997. The maximum Gasteiger partial charge on any atom is 0.252 e. The first-order valence-electron chi connectivity index (χ1n) is 8.39. The lowest BCUT2D eigenvalue weighted by Gasteiger charge is -2.11. The van der Waals surface area contributed by atoms with E-state index in [1.807, 2.05) is 42.6 Å². The molecule has 5 nitrogen and oxygen atoms in total. The molecule has 0 saturated carbocycles. The Balaban J connectivity index is 1.66. The number of aromatic nitrogens is 1. The Hall–Kier alpha value is -3.34. The topological polar surface area (TPSA) is 77.2 Å². The molecule has 3 rings (SSSR count).